The van der Waals surface area contributed by atoms with Gasteiger partial charge in [0.25, 0.3) is 0 Å². The Balaban J connectivity index is 2.60. The SMILES string of the molecule is CC(C)(C)c1ccc2[nH]c3ccccc3c(=O)c2c1C(C)(C)C. The number of hydrogen-bond acceptors (Lipinski definition) is 1. The summed E-state index contributed by atoms with van der Waals surface area (Å²) in [5.41, 5.74) is 4.25. The number of benzene rings is 2. The van der Waals surface area contributed by atoms with Crippen molar-refractivity contribution in [1.82, 2.24) is 4.98 Å². The fourth-order valence-electron chi connectivity index (χ4n) is 3.42. The van der Waals surface area contributed by atoms with E-state index in [0.717, 1.165) is 27.4 Å². The van der Waals surface area contributed by atoms with Gasteiger partial charge < -0.3 is 4.98 Å². The Morgan fingerprint density at radius 2 is 1.43 bits per heavy atom. The molecule has 0 amide bonds. The zero-order valence-corrected chi connectivity index (χ0v) is 14.9. The lowest BCUT2D eigenvalue weighted by molar-refractivity contribution is 0.534. The summed E-state index contributed by atoms with van der Waals surface area (Å²) in [6.45, 7) is 13.2. The fraction of sp³-hybridized carbons (Fsp3) is 0.381. The van der Waals surface area contributed by atoms with E-state index in [1.807, 2.05) is 24.3 Å². The number of pyridine rings is 1. The van der Waals surface area contributed by atoms with Crippen molar-refractivity contribution in [2.75, 3.05) is 0 Å². The Morgan fingerprint density at radius 1 is 0.783 bits per heavy atom. The van der Waals surface area contributed by atoms with Crippen molar-refractivity contribution < 1.29 is 0 Å². The molecule has 2 heteroatoms. The first-order chi connectivity index (χ1) is 10.6. The van der Waals surface area contributed by atoms with Crippen molar-refractivity contribution in [3.63, 3.8) is 0 Å². The number of para-hydroxylation sites is 1. The van der Waals surface area contributed by atoms with Crippen molar-refractivity contribution in [1.29, 1.82) is 0 Å². The van der Waals surface area contributed by atoms with Crippen LogP contribution >= 0.6 is 0 Å². The minimum atomic E-state index is -0.0996. The maximum atomic E-state index is 13.2. The van der Waals surface area contributed by atoms with Gasteiger partial charge in [-0.25, -0.2) is 0 Å². The van der Waals surface area contributed by atoms with Crippen molar-refractivity contribution in [3.05, 3.63) is 57.7 Å². The second kappa shape index (κ2) is 4.95. The topological polar surface area (TPSA) is 32.9 Å². The molecule has 0 aliphatic carbocycles. The summed E-state index contributed by atoms with van der Waals surface area (Å²) in [4.78, 5) is 16.7. The van der Waals surface area contributed by atoms with Crippen LogP contribution in [0, 0.1) is 0 Å². The van der Waals surface area contributed by atoms with Gasteiger partial charge in [0.1, 0.15) is 0 Å². The first-order valence-electron chi connectivity index (χ1n) is 8.19. The van der Waals surface area contributed by atoms with E-state index in [0.29, 0.717) is 0 Å². The maximum absolute atomic E-state index is 13.2. The van der Waals surface area contributed by atoms with E-state index in [-0.39, 0.29) is 16.3 Å². The lowest BCUT2D eigenvalue weighted by Crippen LogP contribution is -2.24. The summed E-state index contributed by atoms with van der Waals surface area (Å²) in [7, 11) is 0. The molecule has 2 nitrogen and oxygen atoms in total. The van der Waals surface area contributed by atoms with Gasteiger partial charge >= 0.3 is 0 Å². The van der Waals surface area contributed by atoms with Gasteiger partial charge in [0.2, 0.25) is 0 Å². The van der Waals surface area contributed by atoms with Crippen molar-refractivity contribution in [2.45, 2.75) is 52.4 Å². The Kier molecular flexibility index (Phi) is 3.40. The molecule has 0 spiro atoms. The highest BCUT2D eigenvalue weighted by Crippen LogP contribution is 2.37. The smallest absolute Gasteiger partial charge is 0.197 e. The molecular formula is C21H25NO. The lowest BCUT2D eigenvalue weighted by Gasteiger charge is -2.31. The van der Waals surface area contributed by atoms with Gasteiger partial charge in [-0.15, -0.1) is 0 Å². The van der Waals surface area contributed by atoms with E-state index in [1.54, 1.807) is 0 Å². The second-order valence-corrected chi connectivity index (χ2v) is 8.41. The van der Waals surface area contributed by atoms with Gasteiger partial charge in [0.05, 0.1) is 10.9 Å². The Labute approximate surface area is 137 Å². The zero-order chi connectivity index (χ0) is 17.0. The number of aromatic nitrogens is 1. The van der Waals surface area contributed by atoms with Gasteiger partial charge in [-0.2, -0.15) is 0 Å². The summed E-state index contributed by atoms with van der Waals surface area (Å²) in [5.74, 6) is 0. The van der Waals surface area contributed by atoms with Gasteiger partial charge in [-0.3, -0.25) is 4.79 Å². The standard InChI is InChI=1S/C21H25NO/c1-20(2,3)14-11-12-16-17(18(14)21(4,5)6)19(23)13-9-7-8-10-15(13)22-16/h7-12H,1-6H3,(H,22,23). The first-order valence-corrected chi connectivity index (χ1v) is 8.19. The molecule has 0 atom stereocenters. The molecule has 2 aromatic carbocycles. The normalized spacial score (nSPS) is 13.0. The molecule has 0 saturated carbocycles. The van der Waals surface area contributed by atoms with Crippen LogP contribution in [-0.4, -0.2) is 4.98 Å². The van der Waals surface area contributed by atoms with Crippen LogP contribution in [0.2, 0.25) is 0 Å². The molecule has 3 aromatic rings. The Hall–Kier alpha value is -2.09. The van der Waals surface area contributed by atoms with E-state index < -0.39 is 0 Å². The van der Waals surface area contributed by atoms with E-state index in [2.05, 4.69) is 58.7 Å². The van der Waals surface area contributed by atoms with Crippen LogP contribution in [0.5, 0.6) is 0 Å². The van der Waals surface area contributed by atoms with Gasteiger partial charge in [0, 0.05) is 10.9 Å². The molecule has 0 fully saturated rings. The number of hydrogen-bond donors (Lipinski definition) is 1. The van der Waals surface area contributed by atoms with Crippen LogP contribution in [0.1, 0.15) is 52.7 Å². The van der Waals surface area contributed by atoms with Crippen LogP contribution in [0.15, 0.2) is 41.2 Å². The van der Waals surface area contributed by atoms with E-state index >= 15 is 0 Å². The molecule has 0 unspecified atom stereocenters. The highest BCUT2D eigenvalue weighted by molar-refractivity contribution is 5.95. The third-order valence-corrected chi connectivity index (χ3v) is 4.43. The molecule has 120 valence electrons. The number of aromatic amines is 1. The van der Waals surface area contributed by atoms with E-state index in [9.17, 15) is 4.79 Å². The van der Waals surface area contributed by atoms with Gasteiger partial charge in [0.15, 0.2) is 5.43 Å². The number of nitrogens with one attached hydrogen (secondary N) is 1. The molecule has 0 aliphatic heterocycles. The van der Waals surface area contributed by atoms with Crippen LogP contribution < -0.4 is 5.43 Å². The largest absolute Gasteiger partial charge is 0.354 e. The fourth-order valence-corrected chi connectivity index (χ4v) is 3.42. The lowest BCUT2D eigenvalue weighted by atomic mass is 9.73. The van der Waals surface area contributed by atoms with Crippen LogP contribution in [0.25, 0.3) is 21.8 Å². The highest BCUT2D eigenvalue weighted by Gasteiger charge is 2.28. The number of fused-ring (bicyclic) bond motifs is 2. The molecule has 1 aromatic heterocycles. The van der Waals surface area contributed by atoms with Crippen LogP contribution in [0.4, 0.5) is 0 Å². The molecule has 0 saturated heterocycles. The average molecular weight is 307 g/mol. The van der Waals surface area contributed by atoms with Crippen molar-refractivity contribution >= 4 is 21.8 Å². The molecular weight excluding hydrogens is 282 g/mol. The maximum Gasteiger partial charge on any atom is 0.197 e. The third-order valence-electron chi connectivity index (χ3n) is 4.43. The highest BCUT2D eigenvalue weighted by atomic mass is 16.1. The molecule has 0 bridgehead atoms. The predicted molar refractivity (Wildman–Crippen MR) is 99.5 cm³/mol. The van der Waals surface area contributed by atoms with Crippen molar-refractivity contribution in [2.24, 2.45) is 0 Å². The Morgan fingerprint density at radius 3 is 2.04 bits per heavy atom. The quantitative estimate of drug-likeness (QED) is 0.563. The molecule has 3 rings (SSSR count). The molecule has 0 radical (unpaired) electrons. The minimum absolute atomic E-state index is 0.00507. The molecule has 23 heavy (non-hydrogen) atoms. The average Bonchev–Trinajstić information content (AvgIpc) is 2.44. The van der Waals surface area contributed by atoms with Crippen LogP contribution in [-0.2, 0) is 10.8 Å². The third kappa shape index (κ3) is 2.56. The summed E-state index contributed by atoms with van der Waals surface area (Å²) in [6.07, 6.45) is 0. The summed E-state index contributed by atoms with van der Waals surface area (Å²) in [5, 5.41) is 1.60. The predicted octanol–water partition coefficient (Wildman–Crippen LogP) is 5.28. The summed E-state index contributed by atoms with van der Waals surface area (Å²) < 4.78 is 0. The van der Waals surface area contributed by atoms with Crippen molar-refractivity contribution in [3.8, 4) is 0 Å². The monoisotopic (exact) mass is 307 g/mol. The molecule has 0 aliphatic rings. The summed E-state index contributed by atoms with van der Waals surface area (Å²) in [6, 6.07) is 12.0. The molecule has 1 heterocycles. The van der Waals surface area contributed by atoms with Gasteiger partial charge in [-0.05, 0) is 40.2 Å². The Bertz CT molecular complexity index is 950. The number of rotatable bonds is 0. The zero-order valence-electron chi connectivity index (χ0n) is 14.9. The second-order valence-electron chi connectivity index (χ2n) is 8.41. The minimum Gasteiger partial charge on any atom is -0.354 e. The van der Waals surface area contributed by atoms with Gasteiger partial charge in [-0.1, -0.05) is 59.7 Å². The molecule has 1 N–H and O–H groups in total. The number of H-pyrrole nitrogens is 1. The first kappa shape index (κ1) is 15.8. The summed E-state index contributed by atoms with van der Waals surface area (Å²) >= 11 is 0. The van der Waals surface area contributed by atoms with E-state index in [4.69, 9.17) is 0 Å². The van der Waals surface area contributed by atoms with E-state index in [1.165, 1.54) is 5.56 Å². The van der Waals surface area contributed by atoms with Crippen LogP contribution in [0.3, 0.4) is 0 Å².